The Morgan fingerprint density at radius 3 is 2.06 bits per heavy atom. The zero-order chi connectivity index (χ0) is 24.6. The molecule has 5 rings (SSSR count). The zero-order valence-corrected chi connectivity index (χ0v) is 21.8. The molecule has 0 N–H and O–H groups in total. The Morgan fingerprint density at radius 2 is 1.44 bits per heavy atom. The van der Waals surface area contributed by atoms with E-state index in [-0.39, 0.29) is 0 Å². The van der Waals surface area contributed by atoms with Crippen molar-refractivity contribution in [3.63, 3.8) is 0 Å². The molecule has 5 heteroatoms. The maximum Gasteiger partial charge on any atom is 0.119 e. The zero-order valence-electron chi connectivity index (χ0n) is 21.8. The quantitative estimate of drug-likeness (QED) is 0.204. The van der Waals surface area contributed by atoms with Crippen molar-refractivity contribution >= 4 is 0 Å². The van der Waals surface area contributed by atoms with Crippen molar-refractivity contribution in [2.24, 2.45) is 11.3 Å². The Hall–Kier alpha value is -2.08. The highest BCUT2D eigenvalue weighted by molar-refractivity contribution is 5.64. The van der Waals surface area contributed by atoms with Crippen LogP contribution in [-0.4, -0.2) is 51.8 Å². The van der Waals surface area contributed by atoms with Crippen LogP contribution >= 0.6 is 0 Å². The molecule has 0 radical (unpaired) electrons. The molecule has 2 aliphatic heterocycles. The molecule has 36 heavy (non-hydrogen) atoms. The fourth-order valence-corrected chi connectivity index (χ4v) is 5.26. The molecule has 0 bridgehead atoms. The molecule has 5 nitrogen and oxygen atoms in total. The predicted octanol–water partition coefficient (Wildman–Crippen LogP) is 6.68. The minimum Gasteiger partial charge on any atom is -0.494 e. The molecule has 1 aliphatic carbocycles. The van der Waals surface area contributed by atoms with E-state index in [1.165, 1.54) is 36.8 Å². The Balaban J connectivity index is 0.935. The van der Waals surface area contributed by atoms with Gasteiger partial charge in [0.2, 0.25) is 0 Å². The molecule has 3 unspecified atom stereocenters. The summed E-state index contributed by atoms with van der Waals surface area (Å²) < 4.78 is 28.9. The van der Waals surface area contributed by atoms with Crippen molar-refractivity contribution in [1.82, 2.24) is 0 Å². The van der Waals surface area contributed by atoms with Crippen LogP contribution in [0.4, 0.5) is 0 Å². The number of ether oxygens (including phenoxy) is 5. The third kappa shape index (κ3) is 7.02. The lowest BCUT2D eigenvalue weighted by molar-refractivity contribution is -0.150. The van der Waals surface area contributed by atoms with Crippen molar-refractivity contribution in [2.45, 2.75) is 70.5 Å². The lowest BCUT2D eigenvalue weighted by Crippen LogP contribution is -2.45. The van der Waals surface area contributed by atoms with E-state index < -0.39 is 0 Å². The summed E-state index contributed by atoms with van der Waals surface area (Å²) in [4.78, 5) is 0. The van der Waals surface area contributed by atoms with Crippen molar-refractivity contribution in [2.75, 3.05) is 39.6 Å². The Morgan fingerprint density at radius 1 is 0.778 bits per heavy atom. The number of benzene rings is 2. The van der Waals surface area contributed by atoms with Gasteiger partial charge in [0.25, 0.3) is 0 Å². The number of hydrogen-bond acceptors (Lipinski definition) is 5. The second-order valence-electron chi connectivity index (χ2n) is 10.9. The standard InChI is InChI=1S/C31H42O5/c1-2-31(22-33-23-31)21-32-17-5-3-4-6-18-34-27-12-8-25(9-13-27)26-10-14-28(15-11-26)35-20-24-7-16-29-30(19-24)36-29/h8-15,24,29-30H,2-7,16-23H2,1H3. The number of rotatable bonds is 15. The third-order valence-electron chi connectivity index (χ3n) is 8.07. The van der Waals surface area contributed by atoms with Gasteiger partial charge in [-0.15, -0.1) is 0 Å². The summed E-state index contributed by atoms with van der Waals surface area (Å²) in [6.45, 7) is 7.20. The predicted molar refractivity (Wildman–Crippen MR) is 142 cm³/mol. The van der Waals surface area contributed by atoms with Crippen LogP contribution in [0, 0.1) is 11.3 Å². The summed E-state index contributed by atoms with van der Waals surface area (Å²) in [5.41, 5.74) is 2.68. The van der Waals surface area contributed by atoms with Crippen molar-refractivity contribution < 1.29 is 23.7 Å². The fraction of sp³-hybridized carbons (Fsp3) is 0.613. The monoisotopic (exact) mass is 494 g/mol. The Bertz CT molecular complexity index is 915. The highest BCUT2D eigenvalue weighted by atomic mass is 16.6. The topological polar surface area (TPSA) is 49.5 Å². The molecule has 2 heterocycles. The molecular weight excluding hydrogens is 452 g/mol. The fourth-order valence-electron chi connectivity index (χ4n) is 5.26. The highest BCUT2D eigenvalue weighted by Gasteiger charge is 2.43. The van der Waals surface area contributed by atoms with Gasteiger partial charge in [0.15, 0.2) is 0 Å². The first-order valence-electron chi connectivity index (χ1n) is 14.0. The van der Waals surface area contributed by atoms with E-state index in [4.69, 9.17) is 23.7 Å². The second-order valence-corrected chi connectivity index (χ2v) is 10.9. The summed E-state index contributed by atoms with van der Waals surface area (Å²) in [5, 5.41) is 0. The van der Waals surface area contributed by atoms with Gasteiger partial charge in [0.05, 0.1) is 45.2 Å². The van der Waals surface area contributed by atoms with Crippen molar-refractivity contribution in [1.29, 1.82) is 0 Å². The lowest BCUT2D eigenvalue weighted by Gasteiger charge is -2.40. The van der Waals surface area contributed by atoms with Crippen LogP contribution in [-0.2, 0) is 14.2 Å². The molecule has 0 spiro atoms. The molecule has 3 aliphatic rings. The molecule has 1 saturated carbocycles. The number of epoxide rings is 1. The van der Waals surface area contributed by atoms with Gasteiger partial charge in [-0.1, -0.05) is 37.6 Å². The summed E-state index contributed by atoms with van der Waals surface area (Å²) in [6.07, 6.45) is 10.3. The van der Waals surface area contributed by atoms with Crippen LogP contribution < -0.4 is 9.47 Å². The van der Waals surface area contributed by atoms with Crippen LogP contribution in [0.1, 0.15) is 58.3 Å². The maximum absolute atomic E-state index is 6.05. The van der Waals surface area contributed by atoms with E-state index in [9.17, 15) is 0 Å². The Labute approximate surface area is 216 Å². The minimum atomic E-state index is 0.298. The van der Waals surface area contributed by atoms with Crippen LogP contribution in [0.25, 0.3) is 11.1 Å². The third-order valence-corrected chi connectivity index (χ3v) is 8.07. The first kappa shape index (κ1) is 25.6. The molecular formula is C31H42O5. The first-order valence-corrected chi connectivity index (χ1v) is 14.0. The van der Waals surface area contributed by atoms with Gasteiger partial charge in [0.1, 0.15) is 11.5 Å². The molecule has 2 aromatic carbocycles. The van der Waals surface area contributed by atoms with Crippen LogP contribution in [0.15, 0.2) is 48.5 Å². The summed E-state index contributed by atoms with van der Waals surface area (Å²) in [6, 6.07) is 16.8. The molecule has 3 atom stereocenters. The molecule has 2 aromatic rings. The van der Waals surface area contributed by atoms with Gasteiger partial charge >= 0.3 is 0 Å². The number of fused-ring (bicyclic) bond motifs is 1. The van der Waals surface area contributed by atoms with Crippen molar-refractivity contribution in [3.05, 3.63) is 48.5 Å². The van der Waals surface area contributed by atoms with E-state index in [1.807, 2.05) is 0 Å². The summed E-state index contributed by atoms with van der Waals surface area (Å²) >= 11 is 0. The molecule has 0 amide bonds. The van der Waals surface area contributed by atoms with Crippen molar-refractivity contribution in [3.8, 4) is 22.6 Å². The SMILES string of the molecule is CCC1(COCCCCCCOc2ccc(-c3ccc(OCC4CCC5OC5C4)cc3)cc2)COC1. The van der Waals surface area contributed by atoms with Crippen LogP contribution in [0.5, 0.6) is 11.5 Å². The second kappa shape index (κ2) is 12.4. The molecule has 0 aromatic heterocycles. The van der Waals surface area contributed by atoms with Gasteiger partial charge in [-0.05, 0) is 86.3 Å². The number of hydrogen-bond donors (Lipinski definition) is 0. The molecule has 2 saturated heterocycles. The summed E-state index contributed by atoms with van der Waals surface area (Å²) in [7, 11) is 0. The summed E-state index contributed by atoms with van der Waals surface area (Å²) in [5.74, 6) is 2.51. The van der Waals surface area contributed by atoms with E-state index in [0.29, 0.717) is 23.5 Å². The number of unbranched alkanes of at least 4 members (excludes halogenated alkanes) is 3. The highest BCUT2D eigenvalue weighted by Crippen LogP contribution is 2.39. The van der Waals surface area contributed by atoms with Crippen LogP contribution in [0.3, 0.4) is 0 Å². The first-order chi connectivity index (χ1) is 17.7. The molecule has 3 fully saturated rings. The van der Waals surface area contributed by atoms with E-state index in [2.05, 4.69) is 55.5 Å². The van der Waals surface area contributed by atoms with Gasteiger partial charge in [-0.25, -0.2) is 0 Å². The van der Waals surface area contributed by atoms with Gasteiger partial charge in [0, 0.05) is 12.0 Å². The van der Waals surface area contributed by atoms with Gasteiger partial charge < -0.3 is 23.7 Å². The maximum atomic E-state index is 6.05. The Kier molecular flexibility index (Phi) is 8.84. The van der Waals surface area contributed by atoms with Crippen LogP contribution in [0.2, 0.25) is 0 Å². The minimum absolute atomic E-state index is 0.298. The van der Waals surface area contributed by atoms with E-state index >= 15 is 0 Å². The average Bonchev–Trinajstić information content (AvgIpc) is 3.68. The average molecular weight is 495 g/mol. The lowest BCUT2D eigenvalue weighted by atomic mass is 9.84. The smallest absolute Gasteiger partial charge is 0.119 e. The normalized spacial score (nSPS) is 24.0. The molecule has 196 valence electrons. The van der Waals surface area contributed by atoms with E-state index in [1.54, 1.807) is 0 Å². The van der Waals surface area contributed by atoms with E-state index in [0.717, 1.165) is 76.8 Å². The van der Waals surface area contributed by atoms with Gasteiger partial charge in [-0.3, -0.25) is 0 Å². The largest absolute Gasteiger partial charge is 0.494 e. The van der Waals surface area contributed by atoms with Gasteiger partial charge in [-0.2, -0.15) is 0 Å².